The van der Waals surface area contributed by atoms with Crippen LogP contribution in [0.4, 0.5) is 4.39 Å². The maximum atomic E-state index is 13.3. The number of benzene rings is 1. The third-order valence-electron chi connectivity index (χ3n) is 2.61. The Morgan fingerprint density at radius 2 is 2.19 bits per heavy atom. The van der Waals surface area contributed by atoms with Gasteiger partial charge >= 0.3 is 0 Å². The van der Waals surface area contributed by atoms with Crippen LogP contribution in [-0.2, 0) is 6.54 Å². The van der Waals surface area contributed by atoms with Gasteiger partial charge in [0.2, 0.25) is 0 Å². The summed E-state index contributed by atoms with van der Waals surface area (Å²) in [5, 5.41) is 0. The summed E-state index contributed by atoms with van der Waals surface area (Å²) in [5.74, 6) is -0.0138. The molecule has 0 N–H and O–H groups in total. The van der Waals surface area contributed by atoms with Gasteiger partial charge in [-0.3, -0.25) is 4.79 Å². The molecular weight excluding hydrogens is 273 g/mol. The van der Waals surface area contributed by atoms with E-state index < -0.39 is 0 Å². The van der Waals surface area contributed by atoms with E-state index in [1.807, 2.05) is 0 Å². The van der Waals surface area contributed by atoms with Crippen molar-refractivity contribution in [2.45, 2.75) is 20.4 Å². The molecule has 1 aliphatic heterocycles. The Morgan fingerprint density at radius 3 is 2.81 bits per heavy atom. The lowest BCUT2D eigenvalue weighted by molar-refractivity contribution is 0.0759. The minimum Gasteiger partial charge on any atom is -0.334 e. The lowest BCUT2D eigenvalue weighted by atomic mass is 10.1. The lowest BCUT2D eigenvalue weighted by Crippen LogP contribution is -2.27. The molecule has 0 saturated heterocycles. The van der Waals surface area contributed by atoms with Gasteiger partial charge in [-0.25, -0.2) is 4.39 Å². The number of rotatable bonds is 2. The van der Waals surface area contributed by atoms with E-state index in [-0.39, 0.29) is 11.7 Å². The molecule has 0 aliphatic carbocycles. The van der Waals surface area contributed by atoms with Crippen molar-refractivity contribution in [2.24, 2.45) is 5.92 Å². The zero-order valence-electron chi connectivity index (χ0n) is 9.26. The van der Waals surface area contributed by atoms with Crippen molar-refractivity contribution in [3.8, 4) is 0 Å². The normalized spacial score (nSPS) is 14.8. The van der Waals surface area contributed by atoms with Crippen LogP contribution in [0.5, 0.6) is 0 Å². The molecule has 4 heteroatoms. The Bertz CT molecular complexity index is 445. The number of hydrogen-bond acceptors (Lipinski definition) is 1. The SMILES string of the molecule is CC(C)CN1Cc2cc(Br)c(F)cc2C1=O. The number of fused-ring (bicyclic) bond motifs is 1. The first-order valence-electron chi connectivity index (χ1n) is 5.26. The topological polar surface area (TPSA) is 20.3 Å². The van der Waals surface area contributed by atoms with Crippen LogP contribution in [0.1, 0.15) is 29.8 Å². The van der Waals surface area contributed by atoms with E-state index in [1.54, 1.807) is 11.0 Å². The number of amides is 1. The highest BCUT2D eigenvalue weighted by Gasteiger charge is 2.28. The minimum absolute atomic E-state index is 0.0601. The summed E-state index contributed by atoms with van der Waals surface area (Å²) in [6.07, 6.45) is 0. The van der Waals surface area contributed by atoms with E-state index >= 15 is 0 Å². The summed E-state index contributed by atoms with van der Waals surface area (Å²) < 4.78 is 13.7. The smallest absolute Gasteiger partial charge is 0.254 e. The van der Waals surface area contributed by atoms with Crippen LogP contribution >= 0.6 is 15.9 Å². The third-order valence-corrected chi connectivity index (χ3v) is 3.22. The van der Waals surface area contributed by atoms with Crippen LogP contribution in [0, 0.1) is 11.7 Å². The monoisotopic (exact) mass is 285 g/mol. The molecule has 0 radical (unpaired) electrons. The van der Waals surface area contributed by atoms with E-state index in [1.165, 1.54) is 6.07 Å². The summed E-state index contributed by atoms with van der Waals surface area (Å²) in [4.78, 5) is 13.7. The van der Waals surface area contributed by atoms with Crippen LogP contribution in [0.15, 0.2) is 16.6 Å². The molecule has 0 aromatic heterocycles. The Labute approximate surface area is 103 Å². The molecule has 0 atom stereocenters. The molecule has 1 aliphatic rings. The van der Waals surface area contributed by atoms with Gasteiger partial charge in [0, 0.05) is 18.7 Å². The zero-order valence-corrected chi connectivity index (χ0v) is 10.8. The molecule has 0 spiro atoms. The summed E-state index contributed by atoms with van der Waals surface area (Å²) in [7, 11) is 0. The second-order valence-electron chi connectivity index (χ2n) is 4.50. The standard InChI is InChI=1S/C12H13BrFNO/c1-7(2)5-15-6-8-3-10(13)11(14)4-9(8)12(15)16/h3-4,7H,5-6H2,1-2H3. The van der Waals surface area contributed by atoms with Crippen LogP contribution < -0.4 is 0 Å². The van der Waals surface area contributed by atoms with Crippen LogP contribution in [0.2, 0.25) is 0 Å². The highest BCUT2D eigenvalue weighted by atomic mass is 79.9. The van der Waals surface area contributed by atoms with Crippen LogP contribution in [0.25, 0.3) is 0 Å². The second-order valence-corrected chi connectivity index (χ2v) is 5.36. The molecule has 2 rings (SSSR count). The number of halogens is 2. The maximum absolute atomic E-state index is 13.3. The van der Waals surface area contributed by atoms with Gasteiger partial charge in [0.25, 0.3) is 5.91 Å². The molecule has 86 valence electrons. The maximum Gasteiger partial charge on any atom is 0.254 e. The lowest BCUT2D eigenvalue weighted by Gasteiger charge is -2.17. The Morgan fingerprint density at radius 1 is 1.50 bits per heavy atom. The largest absolute Gasteiger partial charge is 0.334 e. The average Bonchev–Trinajstić information content (AvgIpc) is 2.45. The van der Waals surface area contributed by atoms with E-state index in [0.29, 0.717) is 29.0 Å². The predicted molar refractivity (Wildman–Crippen MR) is 63.7 cm³/mol. The average molecular weight is 286 g/mol. The van der Waals surface area contributed by atoms with Crippen molar-refractivity contribution in [1.82, 2.24) is 4.90 Å². The van der Waals surface area contributed by atoms with Crippen molar-refractivity contribution in [3.63, 3.8) is 0 Å². The quantitative estimate of drug-likeness (QED) is 0.817. The van der Waals surface area contributed by atoms with Gasteiger partial charge in [-0.15, -0.1) is 0 Å². The molecule has 2 nitrogen and oxygen atoms in total. The molecule has 0 saturated carbocycles. The van der Waals surface area contributed by atoms with E-state index in [9.17, 15) is 9.18 Å². The molecule has 1 amide bonds. The number of hydrogen-bond donors (Lipinski definition) is 0. The molecule has 0 unspecified atom stereocenters. The Balaban J connectivity index is 2.31. The molecule has 1 heterocycles. The summed E-state index contributed by atoms with van der Waals surface area (Å²) >= 11 is 3.13. The fourth-order valence-corrected chi connectivity index (χ4v) is 2.34. The molecule has 0 fully saturated rings. The molecule has 0 bridgehead atoms. The summed E-state index contributed by atoms with van der Waals surface area (Å²) in [5.41, 5.74) is 1.40. The fraction of sp³-hybridized carbons (Fsp3) is 0.417. The van der Waals surface area contributed by atoms with E-state index in [0.717, 1.165) is 5.56 Å². The zero-order chi connectivity index (χ0) is 11.9. The van der Waals surface area contributed by atoms with Crippen molar-refractivity contribution < 1.29 is 9.18 Å². The molecular formula is C12H13BrFNO. The summed E-state index contributed by atoms with van der Waals surface area (Å²) in [6, 6.07) is 3.02. The van der Waals surface area contributed by atoms with Crippen molar-refractivity contribution in [1.29, 1.82) is 0 Å². The highest BCUT2D eigenvalue weighted by molar-refractivity contribution is 9.10. The Hall–Kier alpha value is -0.900. The first-order valence-corrected chi connectivity index (χ1v) is 6.05. The summed E-state index contributed by atoms with van der Waals surface area (Å²) in [6.45, 7) is 5.43. The molecule has 1 aromatic carbocycles. The van der Waals surface area contributed by atoms with Gasteiger partial charge in [-0.05, 0) is 39.5 Å². The van der Waals surface area contributed by atoms with E-state index in [4.69, 9.17) is 0 Å². The van der Waals surface area contributed by atoms with Gasteiger partial charge in [0.05, 0.1) is 4.47 Å². The first-order chi connectivity index (χ1) is 7.49. The number of carbonyl (C=O) groups excluding carboxylic acids is 1. The van der Waals surface area contributed by atoms with Gasteiger partial charge < -0.3 is 4.90 Å². The second kappa shape index (κ2) is 4.17. The predicted octanol–water partition coefficient (Wildman–Crippen LogP) is 3.20. The minimum atomic E-state index is -0.376. The van der Waals surface area contributed by atoms with Crippen molar-refractivity contribution >= 4 is 21.8 Å². The van der Waals surface area contributed by atoms with Crippen molar-refractivity contribution in [3.05, 3.63) is 33.5 Å². The van der Waals surface area contributed by atoms with Gasteiger partial charge in [-0.2, -0.15) is 0 Å². The van der Waals surface area contributed by atoms with Gasteiger partial charge in [-0.1, -0.05) is 13.8 Å². The first kappa shape index (κ1) is 11.6. The number of nitrogens with zero attached hydrogens (tertiary/aromatic N) is 1. The van der Waals surface area contributed by atoms with Gasteiger partial charge in [0.1, 0.15) is 5.82 Å². The van der Waals surface area contributed by atoms with Crippen LogP contribution in [0.3, 0.4) is 0 Å². The number of carbonyl (C=O) groups is 1. The Kier molecular flexibility index (Phi) is 3.02. The van der Waals surface area contributed by atoms with Gasteiger partial charge in [0.15, 0.2) is 0 Å². The van der Waals surface area contributed by atoms with Crippen molar-refractivity contribution in [2.75, 3.05) is 6.54 Å². The molecule has 1 aromatic rings. The highest BCUT2D eigenvalue weighted by Crippen LogP contribution is 2.28. The van der Waals surface area contributed by atoms with E-state index in [2.05, 4.69) is 29.8 Å². The fourth-order valence-electron chi connectivity index (χ4n) is 1.95. The molecule has 16 heavy (non-hydrogen) atoms. The van der Waals surface area contributed by atoms with Crippen LogP contribution in [-0.4, -0.2) is 17.4 Å². The third kappa shape index (κ3) is 1.98.